The zero-order chi connectivity index (χ0) is 11.7. The molecule has 1 N–H and O–H groups in total. The molecule has 90 valence electrons. The molecule has 0 aliphatic heterocycles. The standard InChI is InChI=1S/C13H26O2/c1-4-6-10-13(3,5-2)11-8-7-9-12(14)15/h4-11H2,1-3H3,(H,14,15). The zero-order valence-electron chi connectivity index (χ0n) is 10.5. The molecule has 0 aromatic rings. The Morgan fingerprint density at radius 2 is 1.73 bits per heavy atom. The van der Waals surface area contributed by atoms with Crippen molar-refractivity contribution >= 4 is 5.97 Å². The third-order valence-corrected chi connectivity index (χ3v) is 3.41. The number of hydrogen-bond donors (Lipinski definition) is 1. The van der Waals surface area contributed by atoms with Gasteiger partial charge in [-0.25, -0.2) is 0 Å². The molecule has 2 heteroatoms. The predicted molar refractivity (Wildman–Crippen MR) is 64.0 cm³/mol. The Hall–Kier alpha value is -0.530. The van der Waals surface area contributed by atoms with E-state index < -0.39 is 5.97 Å². The van der Waals surface area contributed by atoms with Crippen LogP contribution in [-0.4, -0.2) is 11.1 Å². The Bertz CT molecular complexity index is 177. The molecule has 0 rings (SSSR count). The maximum Gasteiger partial charge on any atom is 0.303 e. The highest BCUT2D eigenvalue weighted by Crippen LogP contribution is 2.33. The predicted octanol–water partition coefficient (Wildman–Crippen LogP) is 4.24. The van der Waals surface area contributed by atoms with E-state index in [9.17, 15) is 4.79 Å². The van der Waals surface area contributed by atoms with Crippen molar-refractivity contribution in [3.63, 3.8) is 0 Å². The molecule has 2 nitrogen and oxygen atoms in total. The van der Waals surface area contributed by atoms with Gasteiger partial charge in [-0.05, 0) is 24.7 Å². The second-order valence-corrected chi connectivity index (χ2v) is 4.87. The molecule has 0 radical (unpaired) electrons. The molecule has 0 aromatic carbocycles. The summed E-state index contributed by atoms with van der Waals surface area (Å²) in [5, 5.41) is 8.54. The molecule has 0 saturated heterocycles. The lowest BCUT2D eigenvalue weighted by Crippen LogP contribution is -2.15. The summed E-state index contributed by atoms with van der Waals surface area (Å²) in [7, 11) is 0. The van der Waals surface area contributed by atoms with Crippen LogP contribution in [0.2, 0.25) is 0 Å². The van der Waals surface area contributed by atoms with Crippen molar-refractivity contribution in [3.05, 3.63) is 0 Å². The van der Waals surface area contributed by atoms with E-state index in [0.29, 0.717) is 11.8 Å². The molecular weight excluding hydrogens is 188 g/mol. The summed E-state index contributed by atoms with van der Waals surface area (Å²) < 4.78 is 0. The van der Waals surface area contributed by atoms with Crippen LogP contribution in [0.3, 0.4) is 0 Å². The van der Waals surface area contributed by atoms with Gasteiger partial charge in [-0.3, -0.25) is 4.79 Å². The minimum absolute atomic E-state index is 0.327. The molecule has 0 heterocycles. The summed E-state index contributed by atoms with van der Waals surface area (Å²) in [5.74, 6) is -0.665. The minimum atomic E-state index is -0.665. The third-order valence-electron chi connectivity index (χ3n) is 3.41. The molecule has 0 aliphatic rings. The van der Waals surface area contributed by atoms with Gasteiger partial charge in [-0.15, -0.1) is 0 Å². The van der Waals surface area contributed by atoms with Crippen LogP contribution in [0.4, 0.5) is 0 Å². The summed E-state index contributed by atoms with van der Waals surface area (Å²) in [4.78, 5) is 10.4. The number of carboxylic acids is 1. The fraction of sp³-hybridized carbons (Fsp3) is 0.923. The van der Waals surface area contributed by atoms with E-state index in [2.05, 4.69) is 20.8 Å². The van der Waals surface area contributed by atoms with E-state index in [1.807, 2.05) is 0 Å². The fourth-order valence-electron chi connectivity index (χ4n) is 1.91. The monoisotopic (exact) mass is 214 g/mol. The van der Waals surface area contributed by atoms with Gasteiger partial charge in [0, 0.05) is 6.42 Å². The molecule has 0 fully saturated rings. The summed E-state index contributed by atoms with van der Waals surface area (Å²) in [5.41, 5.74) is 0.439. The van der Waals surface area contributed by atoms with Gasteiger partial charge in [0.2, 0.25) is 0 Å². The summed E-state index contributed by atoms with van der Waals surface area (Å²) >= 11 is 0. The zero-order valence-corrected chi connectivity index (χ0v) is 10.5. The van der Waals surface area contributed by atoms with Crippen molar-refractivity contribution in [2.45, 2.75) is 72.1 Å². The van der Waals surface area contributed by atoms with Crippen molar-refractivity contribution in [1.29, 1.82) is 0 Å². The largest absolute Gasteiger partial charge is 0.481 e. The summed E-state index contributed by atoms with van der Waals surface area (Å²) in [6.07, 6.45) is 8.43. The molecule has 0 spiro atoms. The Morgan fingerprint density at radius 1 is 1.13 bits per heavy atom. The first kappa shape index (κ1) is 14.5. The Morgan fingerprint density at radius 3 is 2.20 bits per heavy atom. The molecule has 15 heavy (non-hydrogen) atoms. The summed E-state index contributed by atoms with van der Waals surface area (Å²) in [6, 6.07) is 0. The van der Waals surface area contributed by atoms with Crippen LogP contribution in [0.15, 0.2) is 0 Å². The van der Waals surface area contributed by atoms with E-state index in [1.54, 1.807) is 0 Å². The van der Waals surface area contributed by atoms with Crippen molar-refractivity contribution in [2.24, 2.45) is 5.41 Å². The lowest BCUT2D eigenvalue weighted by Gasteiger charge is -2.28. The average Bonchev–Trinajstić information content (AvgIpc) is 2.21. The average molecular weight is 214 g/mol. The van der Waals surface area contributed by atoms with Crippen molar-refractivity contribution in [3.8, 4) is 0 Å². The van der Waals surface area contributed by atoms with Crippen LogP contribution in [-0.2, 0) is 4.79 Å². The van der Waals surface area contributed by atoms with Crippen LogP contribution in [0.5, 0.6) is 0 Å². The Labute approximate surface area is 94.1 Å². The maximum absolute atomic E-state index is 10.4. The second-order valence-electron chi connectivity index (χ2n) is 4.87. The van der Waals surface area contributed by atoms with Gasteiger partial charge < -0.3 is 5.11 Å². The number of aliphatic carboxylic acids is 1. The van der Waals surface area contributed by atoms with Crippen molar-refractivity contribution in [1.82, 2.24) is 0 Å². The first-order chi connectivity index (χ1) is 7.04. The molecule has 0 aliphatic carbocycles. The smallest absolute Gasteiger partial charge is 0.303 e. The van der Waals surface area contributed by atoms with Crippen LogP contribution in [0, 0.1) is 5.41 Å². The van der Waals surface area contributed by atoms with Gasteiger partial charge in [0.05, 0.1) is 0 Å². The van der Waals surface area contributed by atoms with Crippen LogP contribution in [0.1, 0.15) is 72.1 Å². The molecule has 0 aromatic heterocycles. The van der Waals surface area contributed by atoms with Crippen molar-refractivity contribution in [2.75, 3.05) is 0 Å². The van der Waals surface area contributed by atoms with Crippen LogP contribution < -0.4 is 0 Å². The van der Waals surface area contributed by atoms with E-state index >= 15 is 0 Å². The van der Waals surface area contributed by atoms with Gasteiger partial charge in [-0.1, -0.05) is 46.5 Å². The first-order valence-corrected chi connectivity index (χ1v) is 6.26. The quantitative estimate of drug-likeness (QED) is 0.583. The first-order valence-electron chi connectivity index (χ1n) is 6.26. The SMILES string of the molecule is CCCCC(C)(CC)CCCCC(=O)O. The second kappa shape index (κ2) is 7.72. The molecule has 0 bridgehead atoms. The summed E-state index contributed by atoms with van der Waals surface area (Å²) in [6.45, 7) is 6.80. The number of rotatable bonds is 9. The molecule has 0 amide bonds. The highest BCUT2D eigenvalue weighted by Gasteiger charge is 2.20. The maximum atomic E-state index is 10.4. The topological polar surface area (TPSA) is 37.3 Å². The van der Waals surface area contributed by atoms with Gasteiger partial charge in [0.15, 0.2) is 0 Å². The number of hydrogen-bond acceptors (Lipinski definition) is 1. The van der Waals surface area contributed by atoms with Gasteiger partial charge in [0.25, 0.3) is 0 Å². The number of carbonyl (C=O) groups is 1. The lowest BCUT2D eigenvalue weighted by atomic mass is 9.78. The van der Waals surface area contributed by atoms with E-state index in [1.165, 1.54) is 32.1 Å². The van der Waals surface area contributed by atoms with Gasteiger partial charge in [-0.2, -0.15) is 0 Å². The van der Waals surface area contributed by atoms with E-state index in [4.69, 9.17) is 5.11 Å². The van der Waals surface area contributed by atoms with Crippen molar-refractivity contribution < 1.29 is 9.90 Å². The fourth-order valence-corrected chi connectivity index (χ4v) is 1.91. The van der Waals surface area contributed by atoms with E-state index in [0.717, 1.165) is 12.8 Å². The lowest BCUT2D eigenvalue weighted by molar-refractivity contribution is -0.137. The third kappa shape index (κ3) is 7.40. The highest BCUT2D eigenvalue weighted by atomic mass is 16.4. The minimum Gasteiger partial charge on any atom is -0.481 e. The van der Waals surface area contributed by atoms with Gasteiger partial charge in [0.1, 0.15) is 0 Å². The van der Waals surface area contributed by atoms with E-state index in [-0.39, 0.29) is 0 Å². The molecule has 0 saturated carbocycles. The van der Waals surface area contributed by atoms with Crippen LogP contribution in [0.25, 0.3) is 0 Å². The van der Waals surface area contributed by atoms with Gasteiger partial charge >= 0.3 is 5.97 Å². The highest BCUT2D eigenvalue weighted by molar-refractivity contribution is 5.66. The molecule has 1 atom stereocenters. The Balaban J connectivity index is 3.72. The van der Waals surface area contributed by atoms with Crippen LogP contribution >= 0.6 is 0 Å². The molecule has 1 unspecified atom stereocenters. The number of unbranched alkanes of at least 4 members (excludes halogenated alkanes) is 2. The normalized spacial score (nSPS) is 14.9. The Kier molecular flexibility index (Phi) is 7.45. The molecular formula is C13H26O2. The number of carboxylic acid groups (broad SMARTS) is 1.